The van der Waals surface area contributed by atoms with Crippen LogP contribution in [0.5, 0.6) is 0 Å². The normalized spacial score (nSPS) is 25.0. The largest absolute Gasteiger partial charge is 0.465 e. The third kappa shape index (κ3) is 2.27. The van der Waals surface area contributed by atoms with Gasteiger partial charge in [-0.1, -0.05) is 0 Å². The van der Waals surface area contributed by atoms with Crippen LogP contribution in [0.4, 0.5) is 0 Å². The number of ether oxygens (including phenoxy) is 1. The van der Waals surface area contributed by atoms with Gasteiger partial charge in [0.05, 0.1) is 12.5 Å². The molecule has 0 unspecified atom stereocenters. The fourth-order valence-electron chi connectivity index (χ4n) is 1.23. The number of carbonyl (C=O) groups excluding carboxylic acids is 1. The van der Waals surface area contributed by atoms with Crippen molar-refractivity contribution in [1.29, 1.82) is 0 Å². The lowest BCUT2D eigenvalue weighted by atomic mass is 10.0. The summed E-state index contributed by atoms with van der Waals surface area (Å²) in [6.07, 6.45) is 8.57. The second-order valence-electron chi connectivity index (χ2n) is 2.77. The predicted octanol–water partition coefficient (Wildman–Crippen LogP) is 1.35. The Labute approximate surface area is 66.9 Å². The molecule has 0 bridgehead atoms. The van der Waals surface area contributed by atoms with Crippen molar-refractivity contribution < 1.29 is 9.53 Å². The lowest BCUT2D eigenvalue weighted by molar-refractivity contribution is -0.147. The molecule has 0 aromatic rings. The predicted molar refractivity (Wildman–Crippen MR) is 41.8 cm³/mol. The van der Waals surface area contributed by atoms with Gasteiger partial charge < -0.3 is 4.74 Å². The molecule has 2 nitrogen and oxygen atoms in total. The number of hydrogen-bond donors (Lipinski definition) is 0. The molecule has 1 atom stereocenters. The van der Waals surface area contributed by atoms with Crippen molar-refractivity contribution in [3.63, 3.8) is 0 Å². The van der Waals surface area contributed by atoms with E-state index in [1.807, 2.05) is 0 Å². The summed E-state index contributed by atoms with van der Waals surface area (Å²) in [5.74, 6) is 2.34. The summed E-state index contributed by atoms with van der Waals surface area (Å²) < 4.78 is 4.93. The Morgan fingerprint density at radius 1 is 1.64 bits per heavy atom. The van der Waals surface area contributed by atoms with Crippen LogP contribution in [0.2, 0.25) is 0 Å². The molecule has 0 aromatic carbocycles. The van der Waals surface area contributed by atoms with Gasteiger partial charge in [-0.25, -0.2) is 0 Å². The SMILES string of the molecule is C#CC[C@H]1CCCCOC1=O. The molecule has 60 valence electrons. The maximum Gasteiger partial charge on any atom is 0.309 e. The molecule has 1 aliphatic rings. The zero-order chi connectivity index (χ0) is 8.10. The summed E-state index contributed by atoms with van der Waals surface area (Å²) in [6, 6.07) is 0. The van der Waals surface area contributed by atoms with E-state index in [2.05, 4.69) is 5.92 Å². The van der Waals surface area contributed by atoms with Crippen LogP contribution in [-0.4, -0.2) is 12.6 Å². The fourth-order valence-corrected chi connectivity index (χ4v) is 1.23. The molecule has 1 heterocycles. The van der Waals surface area contributed by atoms with Gasteiger partial charge in [0.15, 0.2) is 0 Å². The van der Waals surface area contributed by atoms with Crippen LogP contribution in [0.25, 0.3) is 0 Å². The van der Waals surface area contributed by atoms with Crippen molar-refractivity contribution in [2.45, 2.75) is 25.7 Å². The second-order valence-corrected chi connectivity index (χ2v) is 2.77. The molecule has 0 aromatic heterocycles. The van der Waals surface area contributed by atoms with E-state index >= 15 is 0 Å². The molecule has 1 aliphatic heterocycles. The summed E-state index contributed by atoms with van der Waals surface area (Å²) in [5, 5.41) is 0. The topological polar surface area (TPSA) is 26.3 Å². The van der Waals surface area contributed by atoms with Crippen LogP contribution in [0.3, 0.4) is 0 Å². The zero-order valence-corrected chi connectivity index (χ0v) is 6.51. The molecular weight excluding hydrogens is 140 g/mol. The number of terminal acetylenes is 1. The summed E-state index contributed by atoms with van der Waals surface area (Å²) in [7, 11) is 0. The molecule has 0 aliphatic carbocycles. The van der Waals surface area contributed by atoms with Gasteiger partial charge in [0.2, 0.25) is 0 Å². The fraction of sp³-hybridized carbons (Fsp3) is 0.667. The van der Waals surface area contributed by atoms with Gasteiger partial charge in [-0.05, 0) is 19.3 Å². The Balaban J connectivity index is 2.47. The summed E-state index contributed by atoms with van der Waals surface area (Å²) >= 11 is 0. The van der Waals surface area contributed by atoms with Crippen molar-refractivity contribution in [2.75, 3.05) is 6.61 Å². The minimum Gasteiger partial charge on any atom is -0.465 e. The van der Waals surface area contributed by atoms with Crippen molar-refractivity contribution >= 4 is 5.97 Å². The highest BCUT2D eigenvalue weighted by Crippen LogP contribution is 2.17. The lowest BCUT2D eigenvalue weighted by Gasteiger charge is -2.06. The maximum absolute atomic E-state index is 11.1. The van der Waals surface area contributed by atoms with E-state index in [9.17, 15) is 4.79 Å². The van der Waals surface area contributed by atoms with Crippen molar-refractivity contribution in [3.8, 4) is 12.3 Å². The first kappa shape index (κ1) is 8.13. The number of hydrogen-bond acceptors (Lipinski definition) is 2. The van der Waals surface area contributed by atoms with Crippen LogP contribution < -0.4 is 0 Å². The van der Waals surface area contributed by atoms with E-state index in [-0.39, 0.29) is 11.9 Å². The average Bonchev–Trinajstić information content (AvgIpc) is 2.18. The van der Waals surface area contributed by atoms with E-state index in [0.717, 1.165) is 19.3 Å². The lowest BCUT2D eigenvalue weighted by Crippen LogP contribution is -2.14. The van der Waals surface area contributed by atoms with Gasteiger partial charge in [0.1, 0.15) is 0 Å². The Kier molecular flexibility index (Phi) is 2.97. The van der Waals surface area contributed by atoms with Gasteiger partial charge in [-0.2, -0.15) is 0 Å². The van der Waals surface area contributed by atoms with Crippen molar-refractivity contribution in [2.24, 2.45) is 5.92 Å². The summed E-state index contributed by atoms with van der Waals surface area (Å²) in [4.78, 5) is 11.1. The van der Waals surface area contributed by atoms with Gasteiger partial charge in [0, 0.05) is 6.42 Å². The molecule has 0 radical (unpaired) electrons. The zero-order valence-electron chi connectivity index (χ0n) is 6.51. The molecular formula is C9H12O2. The molecule has 0 saturated carbocycles. The van der Waals surface area contributed by atoms with E-state index in [0.29, 0.717) is 13.0 Å². The highest BCUT2D eigenvalue weighted by atomic mass is 16.5. The molecule has 1 saturated heterocycles. The molecule has 11 heavy (non-hydrogen) atoms. The highest BCUT2D eigenvalue weighted by Gasteiger charge is 2.20. The van der Waals surface area contributed by atoms with E-state index in [1.165, 1.54) is 0 Å². The van der Waals surface area contributed by atoms with Crippen molar-refractivity contribution in [3.05, 3.63) is 0 Å². The molecule has 0 N–H and O–H groups in total. The third-order valence-electron chi connectivity index (χ3n) is 1.89. The van der Waals surface area contributed by atoms with E-state index in [1.54, 1.807) is 0 Å². The monoisotopic (exact) mass is 152 g/mol. The Hall–Kier alpha value is -0.970. The van der Waals surface area contributed by atoms with Gasteiger partial charge in [-0.15, -0.1) is 12.3 Å². The van der Waals surface area contributed by atoms with Crippen molar-refractivity contribution in [1.82, 2.24) is 0 Å². The maximum atomic E-state index is 11.1. The first-order valence-corrected chi connectivity index (χ1v) is 3.94. The summed E-state index contributed by atoms with van der Waals surface area (Å²) in [5.41, 5.74) is 0. The van der Waals surface area contributed by atoms with Crippen LogP contribution in [0.15, 0.2) is 0 Å². The summed E-state index contributed by atoms with van der Waals surface area (Å²) in [6.45, 7) is 0.569. The third-order valence-corrected chi connectivity index (χ3v) is 1.89. The Morgan fingerprint density at radius 2 is 2.45 bits per heavy atom. The highest BCUT2D eigenvalue weighted by molar-refractivity contribution is 5.72. The van der Waals surface area contributed by atoms with Gasteiger partial charge in [-0.3, -0.25) is 4.79 Å². The smallest absolute Gasteiger partial charge is 0.309 e. The van der Waals surface area contributed by atoms with Crippen LogP contribution in [-0.2, 0) is 9.53 Å². The first-order chi connectivity index (χ1) is 5.34. The quantitative estimate of drug-likeness (QED) is 0.419. The molecule has 1 fully saturated rings. The van der Waals surface area contributed by atoms with E-state index < -0.39 is 0 Å². The number of rotatable bonds is 1. The molecule has 0 amide bonds. The van der Waals surface area contributed by atoms with Gasteiger partial charge in [0.25, 0.3) is 0 Å². The number of carbonyl (C=O) groups is 1. The Morgan fingerprint density at radius 3 is 3.18 bits per heavy atom. The molecule has 1 rings (SSSR count). The minimum absolute atomic E-state index is 0.0394. The number of esters is 1. The Bertz CT molecular complexity index is 178. The van der Waals surface area contributed by atoms with Crippen LogP contribution >= 0.6 is 0 Å². The minimum atomic E-state index is -0.111. The average molecular weight is 152 g/mol. The van der Waals surface area contributed by atoms with Crippen LogP contribution in [0.1, 0.15) is 25.7 Å². The molecule has 2 heteroatoms. The first-order valence-electron chi connectivity index (χ1n) is 3.94. The number of cyclic esters (lactones) is 1. The van der Waals surface area contributed by atoms with Gasteiger partial charge >= 0.3 is 5.97 Å². The second kappa shape index (κ2) is 4.02. The standard InChI is InChI=1S/C9H12O2/c1-2-5-8-6-3-4-7-11-9(8)10/h1,8H,3-7H2/t8-/m0/s1. The molecule has 0 spiro atoms. The van der Waals surface area contributed by atoms with Crippen LogP contribution in [0, 0.1) is 18.3 Å². The van der Waals surface area contributed by atoms with E-state index in [4.69, 9.17) is 11.2 Å².